The molecule has 1 rings (SSSR count). The van der Waals surface area contributed by atoms with Crippen LogP contribution in [0.4, 0.5) is 0 Å². The van der Waals surface area contributed by atoms with Crippen LogP contribution in [-0.2, 0) is 23.8 Å². The molecule has 6 heteroatoms. The highest BCUT2D eigenvalue weighted by Gasteiger charge is 2.16. The van der Waals surface area contributed by atoms with Gasteiger partial charge in [-0.15, -0.1) is 0 Å². The molecule has 58 heavy (non-hydrogen) atoms. The Morgan fingerprint density at radius 1 is 0.466 bits per heavy atom. The topological polar surface area (TPSA) is 65.1 Å². The summed E-state index contributed by atoms with van der Waals surface area (Å²) in [6.07, 6.45) is 41.5. The second kappa shape index (κ2) is 41.2. The number of likely N-dealkylation sites (tertiary alicyclic amines) is 1. The van der Waals surface area contributed by atoms with E-state index in [0.717, 1.165) is 64.1 Å². The summed E-state index contributed by atoms with van der Waals surface area (Å²) < 4.78 is 17.6. The Morgan fingerprint density at radius 2 is 0.897 bits per heavy atom. The van der Waals surface area contributed by atoms with Crippen LogP contribution in [-0.4, -0.2) is 62.9 Å². The van der Waals surface area contributed by atoms with Crippen LogP contribution in [0.3, 0.4) is 0 Å². The van der Waals surface area contributed by atoms with E-state index in [1.54, 1.807) is 0 Å². The first-order chi connectivity index (χ1) is 28.4. The summed E-state index contributed by atoms with van der Waals surface area (Å²) in [5.41, 5.74) is 0. The quantitative estimate of drug-likeness (QED) is 0.0451. The summed E-state index contributed by atoms with van der Waals surface area (Å²) in [6, 6.07) is 0. The fraction of sp³-hybridized carbons (Fsp3) is 0.962. The zero-order chi connectivity index (χ0) is 42.2. The molecule has 2 atom stereocenters. The lowest BCUT2D eigenvalue weighted by Gasteiger charge is -2.18. The number of nitrogens with zero attached hydrogens (tertiary/aromatic N) is 1. The number of rotatable bonds is 44. The van der Waals surface area contributed by atoms with Crippen molar-refractivity contribution in [3.8, 4) is 0 Å². The first-order valence-corrected chi connectivity index (χ1v) is 26.1. The van der Waals surface area contributed by atoms with Gasteiger partial charge in [0.25, 0.3) is 0 Å². The standard InChI is InChI=1S/C52H101NO5/c1-6-10-31-48(32-11-7-2)38-44-57-51(54)37-26-22-16-14-15-20-24-35-50(46-56-43-29-42-53-40-27-28-41-53)36-25-21-18-17-19-23-30-47(5)52(55)58-45-39-49(33-12-8-3)34-13-9-4/h47-50H,6-46H2,1-5H3. The van der Waals surface area contributed by atoms with Gasteiger partial charge in [0.15, 0.2) is 0 Å². The van der Waals surface area contributed by atoms with E-state index in [4.69, 9.17) is 14.2 Å². The summed E-state index contributed by atoms with van der Waals surface area (Å²) in [5, 5.41) is 0. The number of esters is 2. The van der Waals surface area contributed by atoms with Crippen molar-refractivity contribution in [2.24, 2.45) is 23.7 Å². The molecule has 0 radical (unpaired) electrons. The largest absolute Gasteiger partial charge is 0.466 e. The summed E-state index contributed by atoms with van der Waals surface area (Å²) >= 11 is 0. The Bertz CT molecular complexity index is 875. The molecule has 1 fully saturated rings. The van der Waals surface area contributed by atoms with Gasteiger partial charge in [-0.25, -0.2) is 0 Å². The molecule has 1 saturated heterocycles. The Hall–Kier alpha value is -1.14. The molecule has 0 amide bonds. The molecule has 0 N–H and O–H groups in total. The highest BCUT2D eigenvalue weighted by Crippen LogP contribution is 2.23. The normalized spacial score (nSPS) is 14.5. The van der Waals surface area contributed by atoms with Gasteiger partial charge in [-0.2, -0.15) is 0 Å². The lowest BCUT2D eigenvalue weighted by Crippen LogP contribution is -2.22. The maximum absolute atomic E-state index is 12.6. The number of hydrogen-bond donors (Lipinski definition) is 0. The Balaban J connectivity index is 2.20. The number of unbranched alkanes of at least 4 members (excludes halogenated alkanes) is 15. The minimum Gasteiger partial charge on any atom is -0.466 e. The maximum Gasteiger partial charge on any atom is 0.308 e. The van der Waals surface area contributed by atoms with Crippen molar-refractivity contribution >= 4 is 11.9 Å². The van der Waals surface area contributed by atoms with Crippen molar-refractivity contribution in [2.75, 3.05) is 46.1 Å². The Morgan fingerprint density at radius 3 is 1.40 bits per heavy atom. The zero-order valence-electron chi connectivity index (χ0n) is 39.8. The molecular weight excluding hydrogens is 719 g/mol. The van der Waals surface area contributed by atoms with Gasteiger partial charge in [0.05, 0.1) is 19.1 Å². The van der Waals surface area contributed by atoms with Crippen LogP contribution in [0.25, 0.3) is 0 Å². The van der Waals surface area contributed by atoms with E-state index in [1.807, 2.05) is 0 Å². The molecule has 1 aliphatic rings. The average Bonchev–Trinajstić information content (AvgIpc) is 3.75. The number of ether oxygens (including phenoxy) is 3. The van der Waals surface area contributed by atoms with Crippen molar-refractivity contribution in [1.29, 1.82) is 0 Å². The average molecular weight is 820 g/mol. The molecule has 0 aromatic rings. The van der Waals surface area contributed by atoms with Gasteiger partial charge < -0.3 is 19.1 Å². The van der Waals surface area contributed by atoms with Crippen molar-refractivity contribution in [1.82, 2.24) is 4.90 Å². The molecule has 0 aromatic heterocycles. The summed E-state index contributed by atoms with van der Waals surface area (Å²) in [6.45, 7) is 17.9. The van der Waals surface area contributed by atoms with Gasteiger partial charge in [0.2, 0.25) is 0 Å². The fourth-order valence-corrected chi connectivity index (χ4v) is 8.97. The van der Waals surface area contributed by atoms with E-state index in [0.29, 0.717) is 31.5 Å². The molecule has 1 heterocycles. The molecule has 0 bridgehead atoms. The molecule has 2 unspecified atom stereocenters. The van der Waals surface area contributed by atoms with Gasteiger partial charge in [0, 0.05) is 26.2 Å². The van der Waals surface area contributed by atoms with Crippen LogP contribution >= 0.6 is 0 Å². The van der Waals surface area contributed by atoms with Crippen LogP contribution in [0, 0.1) is 23.7 Å². The smallest absolute Gasteiger partial charge is 0.308 e. The molecule has 1 aliphatic heterocycles. The molecule has 0 aliphatic carbocycles. The maximum atomic E-state index is 12.6. The predicted octanol–water partition coefficient (Wildman–Crippen LogP) is 15.2. The second-order valence-corrected chi connectivity index (χ2v) is 18.7. The van der Waals surface area contributed by atoms with Gasteiger partial charge in [-0.1, -0.05) is 189 Å². The van der Waals surface area contributed by atoms with E-state index in [9.17, 15) is 9.59 Å². The highest BCUT2D eigenvalue weighted by molar-refractivity contribution is 5.71. The highest BCUT2D eigenvalue weighted by atomic mass is 16.5. The minimum absolute atomic E-state index is 0.0110. The van der Waals surface area contributed by atoms with E-state index < -0.39 is 0 Å². The Kier molecular flexibility index (Phi) is 39.0. The van der Waals surface area contributed by atoms with Crippen LogP contribution in [0.5, 0.6) is 0 Å². The summed E-state index contributed by atoms with van der Waals surface area (Å²) in [7, 11) is 0. The van der Waals surface area contributed by atoms with Crippen LogP contribution in [0.1, 0.15) is 253 Å². The van der Waals surface area contributed by atoms with Crippen molar-refractivity contribution in [3.63, 3.8) is 0 Å². The molecular formula is C52H101NO5. The van der Waals surface area contributed by atoms with Crippen LogP contribution in [0.15, 0.2) is 0 Å². The molecule has 344 valence electrons. The number of carbonyl (C=O) groups excluding carboxylic acids is 2. The molecule has 6 nitrogen and oxygen atoms in total. The van der Waals surface area contributed by atoms with E-state index in [2.05, 4.69) is 39.5 Å². The lowest BCUT2D eigenvalue weighted by atomic mass is 9.93. The third-order valence-electron chi connectivity index (χ3n) is 13.1. The van der Waals surface area contributed by atoms with E-state index in [1.165, 1.54) is 187 Å². The molecule has 0 saturated carbocycles. The first-order valence-electron chi connectivity index (χ1n) is 26.1. The van der Waals surface area contributed by atoms with Gasteiger partial charge in [-0.3, -0.25) is 9.59 Å². The van der Waals surface area contributed by atoms with Gasteiger partial charge in [0.1, 0.15) is 0 Å². The van der Waals surface area contributed by atoms with Gasteiger partial charge >= 0.3 is 11.9 Å². The van der Waals surface area contributed by atoms with Crippen LogP contribution < -0.4 is 0 Å². The monoisotopic (exact) mass is 820 g/mol. The fourth-order valence-electron chi connectivity index (χ4n) is 8.97. The van der Waals surface area contributed by atoms with E-state index >= 15 is 0 Å². The van der Waals surface area contributed by atoms with Gasteiger partial charge in [-0.05, 0) is 88.6 Å². The predicted molar refractivity (Wildman–Crippen MR) is 248 cm³/mol. The molecule has 0 spiro atoms. The van der Waals surface area contributed by atoms with Crippen molar-refractivity contribution < 1.29 is 23.8 Å². The van der Waals surface area contributed by atoms with Crippen LogP contribution in [0.2, 0.25) is 0 Å². The second-order valence-electron chi connectivity index (χ2n) is 18.7. The first kappa shape index (κ1) is 54.9. The molecule has 0 aromatic carbocycles. The zero-order valence-corrected chi connectivity index (χ0v) is 39.8. The lowest BCUT2D eigenvalue weighted by molar-refractivity contribution is -0.148. The third-order valence-corrected chi connectivity index (χ3v) is 13.1. The summed E-state index contributed by atoms with van der Waals surface area (Å²) in [5.74, 6) is 2.17. The SMILES string of the molecule is CCCCC(CCCC)CCOC(=O)CCCCCCCCCC(CCCCCCCCC(C)C(=O)OCCC(CCCC)CCCC)COCCCN1CCCC1. The third kappa shape index (κ3) is 33.6. The minimum atomic E-state index is 0.0110. The summed E-state index contributed by atoms with van der Waals surface area (Å²) in [4.78, 5) is 27.5. The van der Waals surface area contributed by atoms with Crippen molar-refractivity contribution in [2.45, 2.75) is 253 Å². The number of hydrogen-bond acceptors (Lipinski definition) is 6. The van der Waals surface area contributed by atoms with E-state index in [-0.39, 0.29) is 17.9 Å². The number of carbonyl (C=O) groups is 2. The van der Waals surface area contributed by atoms with Crippen molar-refractivity contribution in [3.05, 3.63) is 0 Å². The Labute approximate surface area is 362 Å².